The summed E-state index contributed by atoms with van der Waals surface area (Å²) < 4.78 is 12.7. The van der Waals surface area contributed by atoms with Gasteiger partial charge in [0.05, 0.1) is 18.4 Å². The molecule has 0 atom stereocenters. The van der Waals surface area contributed by atoms with Crippen molar-refractivity contribution in [1.29, 1.82) is 0 Å². The molecule has 0 aliphatic heterocycles. The number of hydrogen-bond donors (Lipinski definition) is 1. The third kappa shape index (κ3) is 4.18. The Morgan fingerprint density at radius 2 is 1.91 bits per heavy atom. The van der Waals surface area contributed by atoms with Crippen molar-refractivity contribution < 1.29 is 18.7 Å². The van der Waals surface area contributed by atoms with E-state index in [4.69, 9.17) is 9.15 Å². The van der Waals surface area contributed by atoms with E-state index in [1.165, 1.54) is 0 Å². The predicted octanol–water partition coefficient (Wildman–Crippen LogP) is 4.78. The lowest BCUT2D eigenvalue weighted by molar-refractivity contribution is 0.0526. The number of hydrogen-bond acceptors (Lipinski definition) is 5. The third-order valence-corrected chi connectivity index (χ3v) is 5.10. The topological polar surface area (TPSA) is 85.8 Å². The van der Waals surface area contributed by atoms with Crippen LogP contribution in [0.1, 0.15) is 44.8 Å². The van der Waals surface area contributed by atoms with Gasteiger partial charge in [0, 0.05) is 28.0 Å². The minimum atomic E-state index is -0.423. The maximum absolute atomic E-state index is 12.4. The SMILES string of the molecule is CCOC(=O)c1cccc(-n2c(C)cc(/C=N/NC(=O)c3cc4ccccc4o3)c2C)c1. The molecule has 2 aromatic carbocycles. The average Bonchev–Trinajstić information content (AvgIpc) is 3.34. The molecule has 162 valence electrons. The van der Waals surface area contributed by atoms with Gasteiger partial charge in [0.15, 0.2) is 5.76 Å². The molecule has 32 heavy (non-hydrogen) atoms. The highest BCUT2D eigenvalue weighted by Gasteiger charge is 2.14. The van der Waals surface area contributed by atoms with Gasteiger partial charge in [-0.2, -0.15) is 5.10 Å². The highest BCUT2D eigenvalue weighted by molar-refractivity contribution is 5.96. The number of carbonyl (C=O) groups is 2. The Morgan fingerprint density at radius 3 is 2.69 bits per heavy atom. The van der Waals surface area contributed by atoms with Gasteiger partial charge in [-0.1, -0.05) is 24.3 Å². The molecular formula is C25H23N3O4. The summed E-state index contributed by atoms with van der Waals surface area (Å²) in [6.45, 7) is 6.02. The predicted molar refractivity (Wildman–Crippen MR) is 122 cm³/mol. The van der Waals surface area contributed by atoms with E-state index in [0.717, 1.165) is 28.0 Å². The van der Waals surface area contributed by atoms with Crippen molar-refractivity contribution in [2.75, 3.05) is 6.61 Å². The molecule has 0 radical (unpaired) electrons. The van der Waals surface area contributed by atoms with Crippen LogP contribution in [0.3, 0.4) is 0 Å². The lowest BCUT2D eigenvalue weighted by atomic mass is 10.2. The standard InChI is InChI=1S/C25H23N3O4/c1-4-31-25(30)19-9-7-10-21(13-19)28-16(2)12-20(17(28)3)15-26-27-24(29)23-14-18-8-5-6-11-22(18)32-23/h5-15H,4H2,1-3H3,(H,27,29)/b26-15+. The minimum absolute atomic E-state index is 0.199. The zero-order valence-electron chi connectivity index (χ0n) is 18.1. The second-order valence-electron chi connectivity index (χ2n) is 7.28. The second kappa shape index (κ2) is 8.93. The van der Waals surface area contributed by atoms with Gasteiger partial charge < -0.3 is 13.7 Å². The molecule has 0 spiro atoms. The molecule has 1 N–H and O–H groups in total. The summed E-state index contributed by atoms with van der Waals surface area (Å²) in [7, 11) is 0. The molecular weight excluding hydrogens is 406 g/mol. The number of benzene rings is 2. The van der Waals surface area contributed by atoms with E-state index in [2.05, 4.69) is 10.5 Å². The van der Waals surface area contributed by atoms with Crippen LogP contribution in [0.25, 0.3) is 16.7 Å². The fraction of sp³-hybridized carbons (Fsp3) is 0.160. The first kappa shape index (κ1) is 21.1. The zero-order chi connectivity index (χ0) is 22.7. The number of esters is 1. The van der Waals surface area contributed by atoms with Crippen molar-refractivity contribution in [1.82, 2.24) is 9.99 Å². The Labute approximate surface area is 185 Å². The number of nitrogens with one attached hydrogen (secondary N) is 1. The Balaban J connectivity index is 1.53. The van der Waals surface area contributed by atoms with E-state index in [1.807, 2.05) is 54.8 Å². The minimum Gasteiger partial charge on any atom is -0.462 e. The number of amides is 1. The molecule has 4 aromatic rings. The summed E-state index contributed by atoms with van der Waals surface area (Å²) >= 11 is 0. The van der Waals surface area contributed by atoms with Crippen LogP contribution in [0.4, 0.5) is 0 Å². The maximum atomic E-state index is 12.4. The zero-order valence-corrected chi connectivity index (χ0v) is 18.1. The number of aryl methyl sites for hydroxylation is 1. The molecule has 0 fully saturated rings. The van der Waals surface area contributed by atoms with Gasteiger partial charge >= 0.3 is 11.9 Å². The molecule has 4 rings (SSSR count). The van der Waals surface area contributed by atoms with E-state index in [9.17, 15) is 9.59 Å². The monoisotopic (exact) mass is 429 g/mol. The molecule has 7 nitrogen and oxygen atoms in total. The van der Waals surface area contributed by atoms with Gasteiger partial charge in [-0.25, -0.2) is 10.2 Å². The Bertz CT molecular complexity index is 1300. The van der Waals surface area contributed by atoms with Gasteiger partial charge in [-0.15, -0.1) is 0 Å². The van der Waals surface area contributed by atoms with Crippen LogP contribution in [0.15, 0.2) is 70.2 Å². The first-order valence-corrected chi connectivity index (χ1v) is 10.3. The Hall–Kier alpha value is -4.13. The summed E-state index contributed by atoms with van der Waals surface area (Å²) in [6, 6.07) is 18.3. The summed E-state index contributed by atoms with van der Waals surface area (Å²) in [5, 5.41) is 4.95. The molecule has 1 amide bonds. The molecule has 0 bridgehead atoms. The van der Waals surface area contributed by atoms with Crippen molar-refractivity contribution in [3.63, 3.8) is 0 Å². The van der Waals surface area contributed by atoms with Crippen LogP contribution in [0.2, 0.25) is 0 Å². The van der Waals surface area contributed by atoms with Crippen LogP contribution < -0.4 is 5.43 Å². The van der Waals surface area contributed by atoms with E-state index in [1.54, 1.807) is 37.4 Å². The fourth-order valence-corrected chi connectivity index (χ4v) is 3.61. The van der Waals surface area contributed by atoms with Gasteiger partial charge in [0.2, 0.25) is 0 Å². The number of ether oxygens (including phenoxy) is 1. The molecule has 2 aromatic heterocycles. The molecule has 7 heteroatoms. The number of para-hydroxylation sites is 1. The van der Waals surface area contributed by atoms with Gasteiger partial charge in [0.25, 0.3) is 0 Å². The van der Waals surface area contributed by atoms with Crippen molar-refractivity contribution >= 4 is 29.1 Å². The summed E-state index contributed by atoms with van der Waals surface area (Å²) in [5.41, 5.74) is 7.22. The fourth-order valence-electron chi connectivity index (χ4n) is 3.61. The lowest BCUT2D eigenvalue weighted by Crippen LogP contribution is -2.16. The van der Waals surface area contributed by atoms with Crippen LogP contribution in [-0.2, 0) is 4.74 Å². The molecule has 0 unspecified atom stereocenters. The van der Waals surface area contributed by atoms with E-state index < -0.39 is 5.91 Å². The van der Waals surface area contributed by atoms with Crippen LogP contribution in [-0.4, -0.2) is 29.3 Å². The van der Waals surface area contributed by atoms with Crippen LogP contribution >= 0.6 is 0 Å². The highest BCUT2D eigenvalue weighted by atomic mass is 16.5. The molecule has 0 saturated heterocycles. The normalized spacial score (nSPS) is 11.2. The van der Waals surface area contributed by atoms with E-state index in [-0.39, 0.29) is 11.7 Å². The van der Waals surface area contributed by atoms with E-state index >= 15 is 0 Å². The van der Waals surface area contributed by atoms with Crippen molar-refractivity contribution in [2.45, 2.75) is 20.8 Å². The first-order valence-electron chi connectivity index (χ1n) is 10.3. The van der Waals surface area contributed by atoms with Gasteiger partial charge in [-0.3, -0.25) is 4.79 Å². The summed E-state index contributed by atoms with van der Waals surface area (Å²) in [5.74, 6) is -0.579. The molecule has 2 heterocycles. The number of nitrogens with zero attached hydrogens (tertiary/aromatic N) is 2. The summed E-state index contributed by atoms with van der Waals surface area (Å²) in [6.07, 6.45) is 1.59. The number of aromatic nitrogens is 1. The van der Waals surface area contributed by atoms with Crippen LogP contribution in [0, 0.1) is 13.8 Å². The second-order valence-corrected chi connectivity index (χ2v) is 7.28. The third-order valence-electron chi connectivity index (χ3n) is 5.10. The van der Waals surface area contributed by atoms with Gasteiger partial charge in [0.1, 0.15) is 5.58 Å². The van der Waals surface area contributed by atoms with Crippen molar-refractivity contribution in [3.8, 4) is 5.69 Å². The van der Waals surface area contributed by atoms with Crippen molar-refractivity contribution in [3.05, 3.63) is 88.9 Å². The Morgan fingerprint density at radius 1 is 1.09 bits per heavy atom. The highest BCUT2D eigenvalue weighted by Crippen LogP contribution is 2.21. The maximum Gasteiger partial charge on any atom is 0.338 e. The number of carbonyl (C=O) groups excluding carboxylic acids is 2. The smallest absolute Gasteiger partial charge is 0.338 e. The Kier molecular flexibility index (Phi) is 5.89. The molecule has 0 aliphatic rings. The number of furan rings is 1. The van der Waals surface area contributed by atoms with Gasteiger partial charge in [-0.05, 0) is 57.2 Å². The average molecular weight is 429 g/mol. The number of rotatable bonds is 6. The lowest BCUT2D eigenvalue weighted by Gasteiger charge is -2.11. The molecule has 0 aliphatic carbocycles. The first-order chi connectivity index (χ1) is 15.5. The quantitative estimate of drug-likeness (QED) is 0.271. The number of hydrazone groups is 1. The van der Waals surface area contributed by atoms with Crippen molar-refractivity contribution in [2.24, 2.45) is 5.10 Å². The molecule has 0 saturated carbocycles. The number of fused-ring (bicyclic) bond motifs is 1. The largest absolute Gasteiger partial charge is 0.462 e. The van der Waals surface area contributed by atoms with Crippen LogP contribution in [0.5, 0.6) is 0 Å². The van der Waals surface area contributed by atoms with E-state index in [0.29, 0.717) is 17.8 Å². The summed E-state index contributed by atoms with van der Waals surface area (Å²) in [4.78, 5) is 24.5.